The molecule has 88 valence electrons. The third-order valence-electron chi connectivity index (χ3n) is 2.32. The molecule has 17 heavy (non-hydrogen) atoms. The van der Waals surface area contributed by atoms with E-state index in [-0.39, 0.29) is 5.91 Å². The molecule has 0 radical (unpaired) electrons. The van der Waals surface area contributed by atoms with Crippen molar-refractivity contribution in [3.63, 3.8) is 0 Å². The molecule has 1 aromatic heterocycles. The van der Waals surface area contributed by atoms with Crippen molar-refractivity contribution in [2.75, 3.05) is 5.32 Å². The highest BCUT2D eigenvalue weighted by molar-refractivity contribution is 5.94. The Kier molecular flexibility index (Phi) is 3.20. The lowest BCUT2D eigenvalue weighted by molar-refractivity contribution is -0.117. The Morgan fingerprint density at radius 1 is 1.41 bits per heavy atom. The van der Waals surface area contributed by atoms with E-state index in [2.05, 4.69) is 10.5 Å². The summed E-state index contributed by atoms with van der Waals surface area (Å²) >= 11 is 0. The van der Waals surface area contributed by atoms with E-state index in [0.717, 1.165) is 5.56 Å². The van der Waals surface area contributed by atoms with Crippen LogP contribution in [-0.2, 0) is 4.79 Å². The number of anilines is 1. The van der Waals surface area contributed by atoms with Crippen LogP contribution in [0.25, 0.3) is 0 Å². The second-order valence-corrected chi connectivity index (χ2v) is 3.70. The number of nitrogens with one attached hydrogen (secondary N) is 1. The topological polar surface area (TPSA) is 81.2 Å². The van der Waals surface area contributed by atoms with Crippen LogP contribution < -0.4 is 11.1 Å². The molecule has 0 saturated heterocycles. The first-order chi connectivity index (χ1) is 8.16. The Hall–Kier alpha value is -2.14. The van der Waals surface area contributed by atoms with Gasteiger partial charge >= 0.3 is 0 Å². The Balaban J connectivity index is 2.06. The van der Waals surface area contributed by atoms with Gasteiger partial charge in [-0.1, -0.05) is 35.5 Å². The molecule has 0 aliphatic carbocycles. The first-order valence-corrected chi connectivity index (χ1v) is 5.21. The average molecular weight is 231 g/mol. The zero-order valence-corrected chi connectivity index (χ0v) is 9.38. The van der Waals surface area contributed by atoms with Gasteiger partial charge in [-0.15, -0.1) is 0 Å². The summed E-state index contributed by atoms with van der Waals surface area (Å²) in [5.74, 6) is 0.692. The number of benzene rings is 1. The molecule has 1 aromatic carbocycles. The summed E-state index contributed by atoms with van der Waals surface area (Å²) in [6.45, 7) is 1.75. The van der Waals surface area contributed by atoms with Crippen molar-refractivity contribution in [1.29, 1.82) is 0 Å². The van der Waals surface area contributed by atoms with Gasteiger partial charge in [0.05, 0.1) is 0 Å². The van der Waals surface area contributed by atoms with Gasteiger partial charge in [0.25, 0.3) is 0 Å². The molecule has 5 heteroatoms. The van der Waals surface area contributed by atoms with Gasteiger partial charge in [-0.3, -0.25) is 4.79 Å². The number of carbonyl (C=O) groups is 1. The molecule has 0 spiro atoms. The molecule has 0 aliphatic heterocycles. The van der Waals surface area contributed by atoms with Crippen LogP contribution in [0.1, 0.15) is 17.4 Å². The summed E-state index contributed by atoms with van der Waals surface area (Å²) in [6.07, 6.45) is 0. The van der Waals surface area contributed by atoms with Crippen LogP contribution in [0.2, 0.25) is 0 Å². The summed E-state index contributed by atoms with van der Waals surface area (Å²) in [6, 6.07) is 10.1. The van der Waals surface area contributed by atoms with Gasteiger partial charge in [-0.05, 0) is 12.5 Å². The smallest absolute Gasteiger partial charge is 0.247 e. The number of carbonyl (C=O) groups excluding carboxylic acids is 1. The first-order valence-electron chi connectivity index (χ1n) is 5.21. The van der Waals surface area contributed by atoms with Crippen molar-refractivity contribution in [2.45, 2.75) is 13.0 Å². The fraction of sp³-hybridized carbons (Fsp3) is 0.167. The van der Waals surface area contributed by atoms with Crippen LogP contribution in [0.15, 0.2) is 40.9 Å². The monoisotopic (exact) mass is 231 g/mol. The van der Waals surface area contributed by atoms with Crippen LogP contribution >= 0.6 is 0 Å². The van der Waals surface area contributed by atoms with Gasteiger partial charge in [-0.2, -0.15) is 0 Å². The fourth-order valence-electron chi connectivity index (χ4n) is 1.44. The molecule has 3 N–H and O–H groups in total. The van der Waals surface area contributed by atoms with Gasteiger partial charge in [0.15, 0.2) is 5.82 Å². The molecule has 1 heterocycles. The summed E-state index contributed by atoms with van der Waals surface area (Å²) in [4.78, 5) is 11.8. The predicted molar refractivity (Wildman–Crippen MR) is 63.2 cm³/mol. The Morgan fingerprint density at radius 2 is 2.12 bits per heavy atom. The molecule has 0 saturated carbocycles. The van der Waals surface area contributed by atoms with E-state index in [4.69, 9.17) is 10.3 Å². The van der Waals surface area contributed by atoms with E-state index in [1.54, 1.807) is 25.1 Å². The third kappa shape index (κ3) is 2.70. The number of aromatic nitrogens is 1. The maximum atomic E-state index is 11.8. The standard InChI is InChI=1S/C12H13N3O2/c1-8-7-10(15-17-8)14-12(16)11(13)9-5-3-2-4-6-9/h2-7,11H,13H2,1H3,(H,14,15,16). The van der Waals surface area contributed by atoms with Crippen LogP contribution in [-0.4, -0.2) is 11.1 Å². The number of amides is 1. The lowest BCUT2D eigenvalue weighted by Gasteiger charge is -2.10. The van der Waals surface area contributed by atoms with E-state index in [0.29, 0.717) is 11.6 Å². The summed E-state index contributed by atoms with van der Waals surface area (Å²) < 4.78 is 4.85. The van der Waals surface area contributed by atoms with Gasteiger partial charge < -0.3 is 15.6 Å². The second kappa shape index (κ2) is 4.80. The van der Waals surface area contributed by atoms with E-state index >= 15 is 0 Å². The summed E-state index contributed by atoms with van der Waals surface area (Å²) in [5.41, 5.74) is 6.58. The predicted octanol–water partition coefficient (Wildman–Crippen LogP) is 1.62. The molecule has 1 atom stereocenters. The molecular formula is C12H13N3O2. The zero-order chi connectivity index (χ0) is 12.3. The highest BCUT2D eigenvalue weighted by Crippen LogP contribution is 2.13. The van der Waals surface area contributed by atoms with Crippen LogP contribution in [0.4, 0.5) is 5.82 Å². The lowest BCUT2D eigenvalue weighted by Crippen LogP contribution is -2.27. The minimum Gasteiger partial charge on any atom is -0.360 e. The highest BCUT2D eigenvalue weighted by atomic mass is 16.5. The SMILES string of the molecule is Cc1cc(NC(=O)C(N)c2ccccc2)no1. The van der Waals surface area contributed by atoms with Crippen molar-refractivity contribution in [3.05, 3.63) is 47.7 Å². The minimum atomic E-state index is -0.715. The maximum Gasteiger partial charge on any atom is 0.247 e. The van der Waals surface area contributed by atoms with Crippen molar-refractivity contribution in [2.24, 2.45) is 5.73 Å². The van der Waals surface area contributed by atoms with Crippen LogP contribution in [0, 0.1) is 6.92 Å². The molecule has 0 fully saturated rings. The Morgan fingerprint density at radius 3 is 2.71 bits per heavy atom. The molecule has 1 unspecified atom stereocenters. The number of aryl methyl sites for hydroxylation is 1. The van der Waals surface area contributed by atoms with Gasteiger partial charge in [0, 0.05) is 6.07 Å². The van der Waals surface area contributed by atoms with Crippen molar-refractivity contribution in [1.82, 2.24) is 5.16 Å². The van der Waals surface area contributed by atoms with Crippen LogP contribution in [0.3, 0.4) is 0 Å². The lowest BCUT2D eigenvalue weighted by atomic mass is 10.1. The average Bonchev–Trinajstić information content (AvgIpc) is 2.75. The molecular weight excluding hydrogens is 218 g/mol. The van der Waals surface area contributed by atoms with Gasteiger partial charge in [0.2, 0.25) is 5.91 Å². The quantitative estimate of drug-likeness (QED) is 0.841. The number of hydrogen-bond donors (Lipinski definition) is 2. The Labute approximate surface area is 98.6 Å². The summed E-state index contributed by atoms with van der Waals surface area (Å²) in [7, 11) is 0. The van der Waals surface area contributed by atoms with Crippen molar-refractivity contribution >= 4 is 11.7 Å². The van der Waals surface area contributed by atoms with Crippen LogP contribution in [0.5, 0.6) is 0 Å². The van der Waals surface area contributed by atoms with E-state index in [1.807, 2.05) is 18.2 Å². The first kappa shape index (κ1) is 11.3. The molecule has 2 aromatic rings. The normalized spacial score (nSPS) is 12.1. The Bertz CT molecular complexity index is 507. The molecule has 0 aliphatic rings. The second-order valence-electron chi connectivity index (χ2n) is 3.70. The van der Waals surface area contributed by atoms with E-state index < -0.39 is 6.04 Å². The number of rotatable bonds is 3. The van der Waals surface area contributed by atoms with Gasteiger partial charge in [-0.25, -0.2) is 0 Å². The molecule has 0 bridgehead atoms. The van der Waals surface area contributed by atoms with E-state index in [1.165, 1.54) is 0 Å². The van der Waals surface area contributed by atoms with Crippen molar-refractivity contribution < 1.29 is 9.32 Å². The maximum absolute atomic E-state index is 11.8. The largest absolute Gasteiger partial charge is 0.360 e. The van der Waals surface area contributed by atoms with E-state index in [9.17, 15) is 4.79 Å². The fourth-order valence-corrected chi connectivity index (χ4v) is 1.44. The molecule has 5 nitrogen and oxygen atoms in total. The zero-order valence-electron chi connectivity index (χ0n) is 9.38. The van der Waals surface area contributed by atoms with Crippen molar-refractivity contribution in [3.8, 4) is 0 Å². The summed E-state index contributed by atoms with van der Waals surface area (Å²) in [5, 5.41) is 6.26. The van der Waals surface area contributed by atoms with Gasteiger partial charge in [0.1, 0.15) is 11.8 Å². The number of nitrogens with zero attached hydrogens (tertiary/aromatic N) is 1. The number of nitrogens with two attached hydrogens (primary N) is 1. The highest BCUT2D eigenvalue weighted by Gasteiger charge is 2.16. The minimum absolute atomic E-state index is 0.315. The molecule has 2 rings (SSSR count). The number of hydrogen-bond acceptors (Lipinski definition) is 4. The third-order valence-corrected chi connectivity index (χ3v) is 2.32. The molecule has 1 amide bonds.